The summed E-state index contributed by atoms with van der Waals surface area (Å²) in [4.78, 5) is 18.7. The fourth-order valence-corrected chi connectivity index (χ4v) is 4.06. The number of ether oxygens (including phenoxy) is 1. The molecule has 0 radical (unpaired) electrons. The van der Waals surface area contributed by atoms with Crippen molar-refractivity contribution in [3.63, 3.8) is 0 Å². The van der Waals surface area contributed by atoms with Crippen LogP contribution in [0.25, 0.3) is 11.3 Å². The van der Waals surface area contributed by atoms with E-state index < -0.39 is 23.3 Å². The summed E-state index contributed by atoms with van der Waals surface area (Å²) in [5.74, 6) is -0.629. The number of amides is 1. The Kier molecular flexibility index (Phi) is 5.89. The van der Waals surface area contributed by atoms with Gasteiger partial charge >= 0.3 is 6.09 Å². The first-order valence-corrected chi connectivity index (χ1v) is 10.1. The smallest absolute Gasteiger partial charge is 0.416 e. The number of cyclic esters (lactones) is 1. The molecule has 1 aliphatic heterocycles. The number of carbonyl (C=O) groups is 1. The van der Waals surface area contributed by atoms with Crippen LogP contribution >= 0.6 is 11.6 Å². The number of aromatic nitrogens is 1. The van der Waals surface area contributed by atoms with Crippen LogP contribution in [-0.4, -0.2) is 29.3 Å². The van der Waals surface area contributed by atoms with E-state index in [1.54, 1.807) is 36.4 Å². The van der Waals surface area contributed by atoms with Crippen molar-refractivity contribution < 1.29 is 23.4 Å². The van der Waals surface area contributed by atoms with E-state index in [4.69, 9.17) is 16.3 Å². The summed E-state index contributed by atoms with van der Waals surface area (Å²) < 4.78 is 33.5. The average Bonchev–Trinajstić information content (AvgIpc) is 2.74. The van der Waals surface area contributed by atoms with Crippen LogP contribution in [-0.2, 0) is 10.3 Å². The molecule has 1 aromatic heterocycles. The zero-order valence-electron chi connectivity index (χ0n) is 16.4. The maximum atomic E-state index is 14.5. The number of aliphatic hydroxyl groups excluding tert-OH is 1. The van der Waals surface area contributed by atoms with Crippen LogP contribution in [0.2, 0.25) is 5.02 Å². The van der Waals surface area contributed by atoms with Crippen molar-refractivity contribution in [2.75, 3.05) is 18.1 Å². The van der Waals surface area contributed by atoms with Gasteiger partial charge in [-0.15, -0.1) is 0 Å². The van der Waals surface area contributed by atoms with Gasteiger partial charge in [-0.3, -0.25) is 4.90 Å². The van der Waals surface area contributed by atoms with Crippen LogP contribution in [0.1, 0.15) is 18.4 Å². The van der Waals surface area contributed by atoms with Crippen molar-refractivity contribution in [1.82, 2.24) is 4.98 Å². The minimum absolute atomic E-state index is 0.0756. The summed E-state index contributed by atoms with van der Waals surface area (Å²) in [6.07, 6.45) is -0.354. The van der Waals surface area contributed by atoms with Gasteiger partial charge in [-0.2, -0.15) is 0 Å². The molecule has 0 spiro atoms. The van der Waals surface area contributed by atoms with Gasteiger partial charge in [-0.25, -0.2) is 18.6 Å². The van der Waals surface area contributed by atoms with E-state index in [1.165, 1.54) is 29.2 Å². The molecule has 1 saturated heterocycles. The number of hydrogen-bond acceptors (Lipinski definition) is 4. The van der Waals surface area contributed by atoms with E-state index in [9.17, 15) is 18.7 Å². The number of hydrogen-bond donors (Lipinski definition) is 1. The predicted molar refractivity (Wildman–Crippen MR) is 113 cm³/mol. The Morgan fingerprint density at radius 2 is 1.94 bits per heavy atom. The zero-order valence-corrected chi connectivity index (χ0v) is 17.1. The SMILES string of the molecule is O=C1OC(CCO)(c2ccccc2F)CCN1c1cccc(-c2ccc(F)cc2Cl)n1. The second-order valence-electron chi connectivity index (χ2n) is 7.22. The number of pyridine rings is 1. The van der Waals surface area contributed by atoms with Crippen LogP contribution < -0.4 is 4.90 Å². The monoisotopic (exact) mass is 444 g/mol. The van der Waals surface area contributed by atoms with Gasteiger partial charge in [0.25, 0.3) is 0 Å². The molecule has 1 atom stereocenters. The first-order valence-electron chi connectivity index (χ1n) is 9.72. The number of halogens is 3. The normalized spacial score (nSPS) is 18.7. The Hall–Kier alpha value is -3.03. The summed E-state index contributed by atoms with van der Waals surface area (Å²) in [5, 5.41) is 9.74. The summed E-state index contributed by atoms with van der Waals surface area (Å²) in [6, 6.07) is 15.1. The number of nitrogens with zero attached hydrogens (tertiary/aromatic N) is 2. The molecule has 31 heavy (non-hydrogen) atoms. The van der Waals surface area contributed by atoms with Crippen molar-refractivity contribution in [1.29, 1.82) is 0 Å². The number of benzene rings is 2. The van der Waals surface area contributed by atoms with E-state index in [-0.39, 0.29) is 36.6 Å². The molecule has 4 rings (SSSR count). The van der Waals surface area contributed by atoms with Gasteiger partial charge in [0, 0.05) is 37.1 Å². The number of anilines is 1. The Bertz CT molecular complexity index is 1130. The van der Waals surface area contributed by atoms with Gasteiger partial charge in [0.05, 0.1) is 10.7 Å². The lowest BCUT2D eigenvalue weighted by Crippen LogP contribution is -2.49. The van der Waals surface area contributed by atoms with Gasteiger partial charge in [-0.05, 0) is 36.4 Å². The first-order chi connectivity index (χ1) is 14.9. The van der Waals surface area contributed by atoms with Crippen molar-refractivity contribution in [3.05, 3.63) is 82.9 Å². The van der Waals surface area contributed by atoms with Crippen LogP contribution in [0.5, 0.6) is 0 Å². The molecule has 0 aliphatic carbocycles. The van der Waals surface area contributed by atoms with E-state index in [2.05, 4.69) is 4.98 Å². The summed E-state index contributed by atoms with van der Waals surface area (Å²) in [7, 11) is 0. The Labute approximate surface area is 182 Å². The third kappa shape index (κ3) is 4.11. The van der Waals surface area contributed by atoms with Gasteiger partial charge in [0.15, 0.2) is 0 Å². The minimum atomic E-state index is -1.26. The third-order valence-corrected chi connectivity index (χ3v) is 5.65. The zero-order chi connectivity index (χ0) is 22.0. The lowest BCUT2D eigenvalue weighted by Gasteiger charge is -2.41. The van der Waals surface area contributed by atoms with Crippen LogP contribution in [0.4, 0.5) is 19.4 Å². The van der Waals surface area contributed by atoms with Crippen molar-refractivity contribution >= 4 is 23.5 Å². The maximum Gasteiger partial charge on any atom is 0.416 e. The van der Waals surface area contributed by atoms with Crippen LogP contribution in [0.15, 0.2) is 60.7 Å². The molecular weight excluding hydrogens is 426 g/mol. The molecule has 3 aromatic rings. The van der Waals surface area contributed by atoms with Crippen LogP contribution in [0.3, 0.4) is 0 Å². The minimum Gasteiger partial charge on any atom is -0.437 e. The largest absolute Gasteiger partial charge is 0.437 e. The molecule has 1 aliphatic rings. The van der Waals surface area contributed by atoms with E-state index in [0.29, 0.717) is 17.1 Å². The van der Waals surface area contributed by atoms with E-state index >= 15 is 0 Å². The molecule has 160 valence electrons. The first kappa shape index (κ1) is 21.2. The highest BCUT2D eigenvalue weighted by molar-refractivity contribution is 6.33. The van der Waals surface area contributed by atoms with Gasteiger partial charge < -0.3 is 9.84 Å². The van der Waals surface area contributed by atoms with Crippen LogP contribution in [0, 0.1) is 11.6 Å². The summed E-state index contributed by atoms with van der Waals surface area (Å²) >= 11 is 6.14. The lowest BCUT2D eigenvalue weighted by molar-refractivity contribution is -0.0281. The van der Waals surface area contributed by atoms with E-state index in [0.717, 1.165) is 0 Å². The maximum absolute atomic E-state index is 14.5. The van der Waals surface area contributed by atoms with Gasteiger partial charge in [0.1, 0.15) is 23.1 Å². The number of aliphatic hydroxyl groups is 1. The molecule has 1 fully saturated rings. The highest BCUT2D eigenvalue weighted by Gasteiger charge is 2.44. The topological polar surface area (TPSA) is 62.7 Å². The predicted octanol–water partition coefficient (Wildman–Crippen LogP) is 5.30. The highest BCUT2D eigenvalue weighted by atomic mass is 35.5. The molecule has 1 unspecified atom stereocenters. The molecular formula is C23H19ClF2N2O3. The Morgan fingerprint density at radius 1 is 1.13 bits per heavy atom. The van der Waals surface area contributed by atoms with Crippen molar-refractivity contribution in [2.45, 2.75) is 18.4 Å². The fraction of sp³-hybridized carbons (Fsp3) is 0.217. The van der Waals surface area contributed by atoms with Gasteiger partial charge in [0.2, 0.25) is 0 Å². The average molecular weight is 445 g/mol. The van der Waals surface area contributed by atoms with Gasteiger partial charge in [-0.1, -0.05) is 35.9 Å². The molecule has 2 heterocycles. The summed E-state index contributed by atoms with van der Waals surface area (Å²) in [5.41, 5.74) is -0.0318. The van der Waals surface area contributed by atoms with E-state index in [1.807, 2.05) is 0 Å². The number of carbonyl (C=O) groups excluding carboxylic acids is 1. The highest BCUT2D eigenvalue weighted by Crippen LogP contribution is 2.39. The standard InChI is InChI=1S/C23H19ClF2N2O3/c24-18-14-15(25)8-9-16(18)20-6-3-7-21(27-20)28-12-10-23(11-13-29,31-22(28)30)17-4-1-2-5-19(17)26/h1-9,14,29H,10-13H2. The second-order valence-corrected chi connectivity index (χ2v) is 7.63. The molecule has 0 bridgehead atoms. The lowest BCUT2D eigenvalue weighted by atomic mass is 9.85. The molecule has 1 amide bonds. The number of rotatable bonds is 5. The molecule has 0 saturated carbocycles. The second kappa shape index (κ2) is 8.61. The summed E-state index contributed by atoms with van der Waals surface area (Å²) in [6.45, 7) is -0.0564. The quantitative estimate of drug-likeness (QED) is 0.579. The van der Waals surface area contributed by atoms with Crippen molar-refractivity contribution in [3.8, 4) is 11.3 Å². The molecule has 2 aromatic carbocycles. The Morgan fingerprint density at radius 3 is 2.65 bits per heavy atom. The third-order valence-electron chi connectivity index (χ3n) is 5.34. The fourth-order valence-electron chi connectivity index (χ4n) is 3.80. The molecule has 5 nitrogen and oxygen atoms in total. The molecule has 1 N–H and O–H groups in total. The Balaban J connectivity index is 1.63. The van der Waals surface area contributed by atoms with Crippen molar-refractivity contribution in [2.24, 2.45) is 0 Å². The molecule has 8 heteroatoms.